The second kappa shape index (κ2) is 5.40. The third kappa shape index (κ3) is 4.42. The molecular weight excluding hydrogens is 262 g/mol. The van der Waals surface area contributed by atoms with E-state index >= 15 is 0 Å². The average molecular weight is 276 g/mol. The summed E-state index contributed by atoms with van der Waals surface area (Å²) in [5, 5.41) is 0. The Kier molecular flexibility index (Phi) is 4.55. The van der Waals surface area contributed by atoms with Gasteiger partial charge in [-0.15, -0.1) is 0 Å². The Morgan fingerprint density at radius 2 is 1.50 bits per heavy atom. The van der Waals surface area contributed by atoms with Gasteiger partial charge in [-0.3, -0.25) is 0 Å². The molecule has 18 heavy (non-hydrogen) atoms. The zero-order chi connectivity index (χ0) is 14.0. The highest BCUT2D eigenvalue weighted by Gasteiger charge is 2.58. The van der Waals surface area contributed by atoms with Crippen molar-refractivity contribution in [3.8, 4) is 0 Å². The van der Waals surface area contributed by atoms with Crippen molar-refractivity contribution in [2.45, 2.75) is 51.1 Å². The van der Waals surface area contributed by atoms with Crippen LogP contribution in [-0.2, 0) is 4.74 Å². The molecule has 7 heteroatoms. The number of ether oxygens (including phenoxy) is 1. The van der Waals surface area contributed by atoms with E-state index < -0.39 is 18.5 Å². The molecule has 0 radical (unpaired) electrons. The van der Waals surface area contributed by atoms with Crippen LogP contribution in [0.3, 0.4) is 0 Å². The quantitative estimate of drug-likeness (QED) is 0.529. The molecule has 0 N–H and O–H groups in total. The van der Waals surface area contributed by atoms with Gasteiger partial charge in [0.05, 0.1) is 6.26 Å². The Labute approximate surface area is 101 Å². The summed E-state index contributed by atoms with van der Waals surface area (Å²) in [6.07, 6.45) is -11.5. The molecule has 1 rings (SSSR count). The Morgan fingerprint density at radius 1 is 1.06 bits per heavy atom. The largest absolute Gasteiger partial charge is 0.479 e. The van der Waals surface area contributed by atoms with Gasteiger partial charge in [0.25, 0.3) is 6.10 Å². The third-order valence-corrected chi connectivity index (χ3v) is 2.88. The monoisotopic (exact) mass is 276 g/mol. The molecular formula is C11H14F6O. The van der Waals surface area contributed by atoms with Crippen molar-refractivity contribution in [2.24, 2.45) is 5.92 Å². The molecule has 0 saturated heterocycles. The molecule has 1 saturated carbocycles. The molecule has 0 heterocycles. The topological polar surface area (TPSA) is 9.23 Å². The zero-order valence-electron chi connectivity index (χ0n) is 9.74. The molecule has 0 unspecified atom stereocenters. The second-order valence-electron chi connectivity index (χ2n) is 4.56. The lowest BCUT2D eigenvalue weighted by Gasteiger charge is -2.24. The van der Waals surface area contributed by atoms with E-state index in [2.05, 4.69) is 4.74 Å². The van der Waals surface area contributed by atoms with Crippen LogP contribution in [0.1, 0.15) is 32.6 Å². The summed E-state index contributed by atoms with van der Waals surface area (Å²) in [6, 6.07) is 0. The van der Waals surface area contributed by atoms with E-state index in [1.807, 2.05) is 6.92 Å². The molecule has 1 nitrogen and oxygen atoms in total. The van der Waals surface area contributed by atoms with Gasteiger partial charge in [-0.05, 0) is 37.2 Å². The summed E-state index contributed by atoms with van der Waals surface area (Å²) in [6.45, 7) is 1.99. The summed E-state index contributed by atoms with van der Waals surface area (Å²) >= 11 is 0. The maximum atomic E-state index is 12.2. The van der Waals surface area contributed by atoms with Crippen LogP contribution >= 0.6 is 0 Å². The Bertz CT molecular complexity index is 280. The van der Waals surface area contributed by atoms with E-state index in [-0.39, 0.29) is 0 Å². The van der Waals surface area contributed by atoms with Crippen LogP contribution in [0.25, 0.3) is 0 Å². The Balaban J connectivity index is 2.66. The summed E-state index contributed by atoms with van der Waals surface area (Å²) in [5.41, 5.74) is 0.506. The minimum atomic E-state index is -5.45. The van der Waals surface area contributed by atoms with E-state index in [0.717, 1.165) is 12.8 Å². The van der Waals surface area contributed by atoms with Gasteiger partial charge >= 0.3 is 12.4 Å². The van der Waals surface area contributed by atoms with E-state index in [1.54, 1.807) is 0 Å². The van der Waals surface area contributed by atoms with Crippen LogP contribution in [0.5, 0.6) is 0 Å². The number of halogens is 6. The molecule has 0 aromatic heterocycles. The lowest BCUT2D eigenvalue weighted by atomic mass is 9.88. The van der Waals surface area contributed by atoms with Gasteiger partial charge in [0, 0.05) is 0 Å². The molecule has 0 atom stereocenters. The number of alkyl halides is 6. The maximum absolute atomic E-state index is 12.2. The number of allylic oxidation sites excluding steroid dienone is 1. The van der Waals surface area contributed by atoms with Crippen molar-refractivity contribution < 1.29 is 31.1 Å². The van der Waals surface area contributed by atoms with Crippen LogP contribution in [-0.4, -0.2) is 18.5 Å². The molecule has 0 spiro atoms. The lowest BCUT2D eigenvalue weighted by molar-refractivity contribution is -0.309. The van der Waals surface area contributed by atoms with Gasteiger partial charge in [0.15, 0.2) is 0 Å². The van der Waals surface area contributed by atoms with Gasteiger partial charge in [-0.2, -0.15) is 26.3 Å². The fourth-order valence-corrected chi connectivity index (χ4v) is 1.75. The van der Waals surface area contributed by atoms with Crippen molar-refractivity contribution in [1.29, 1.82) is 0 Å². The minimum Gasteiger partial charge on any atom is -0.479 e. The smallest absolute Gasteiger partial charge is 0.434 e. The van der Waals surface area contributed by atoms with Crippen molar-refractivity contribution in [3.63, 3.8) is 0 Å². The summed E-state index contributed by atoms with van der Waals surface area (Å²) in [5.74, 6) is 0.447. The molecule has 1 aliphatic carbocycles. The number of rotatable bonds is 2. The third-order valence-electron chi connectivity index (χ3n) is 2.88. The fourth-order valence-electron chi connectivity index (χ4n) is 1.75. The second-order valence-corrected chi connectivity index (χ2v) is 4.56. The van der Waals surface area contributed by atoms with Crippen LogP contribution in [0.15, 0.2) is 11.8 Å². The Hall–Kier alpha value is -0.880. The van der Waals surface area contributed by atoms with Crippen LogP contribution in [0.4, 0.5) is 26.3 Å². The summed E-state index contributed by atoms with van der Waals surface area (Å²) in [7, 11) is 0. The van der Waals surface area contributed by atoms with Crippen LogP contribution in [0.2, 0.25) is 0 Å². The van der Waals surface area contributed by atoms with E-state index in [0.29, 0.717) is 30.6 Å². The molecule has 1 aliphatic rings. The van der Waals surface area contributed by atoms with Crippen LogP contribution < -0.4 is 0 Å². The van der Waals surface area contributed by atoms with Crippen molar-refractivity contribution in [3.05, 3.63) is 11.8 Å². The zero-order valence-corrected chi connectivity index (χ0v) is 9.74. The first-order chi connectivity index (χ1) is 8.10. The lowest BCUT2D eigenvalue weighted by Crippen LogP contribution is -2.43. The van der Waals surface area contributed by atoms with Crippen LogP contribution in [0, 0.1) is 5.92 Å². The van der Waals surface area contributed by atoms with Crippen molar-refractivity contribution in [1.82, 2.24) is 0 Å². The molecule has 0 aliphatic heterocycles. The highest BCUT2D eigenvalue weighted by molar-refractivity contribution is 5.02. The molecule has 0 amide bonds. The molecule has 1 fully saturated rings. The predicted molar refractivity (Wildman–Crippen MR) is 52.7 cm³/mol. The van der Waals surface area contributed by atoms with E-state index in [9.17, 15) is 26.3 Å². The van der Waals surface area contributed by atoms with Gasteiger partial charge in [-0.1, -0.05) is 6.92 Å². The number of hydrogen-bond donors (Lipinski definition) is 0. The maximum Gasteiger partial charge on any atom is 0.434 e. The van der Waals surface area contributed by atoms with E-state index in [4.69, 9.17) is 0 Å². The van der Waals surface area contributed by atoms with Crippen molar-refractivity contribution >= 4 is 0 Å². The predicted octanol–water partition coefficient (Wildman–Crippen LogP) is 4.59. The van der Waals surface area contributed by atoms with Gasteiger partial charge in [-0.25, -0.2) is 0 Å². The molecule has 106 valence electrons. The van der Waals surface area contributed by atoms with Gasteiger partial charge in [0.2, 0.25) is 0 Å². The van der Waals surface area contributed by atoms with E-state index in [1.165, 1.54) is 0 Å². The summed E-state index contributed by atoms with van der Waals surface area (Å²) in [4.78, 5) is 0. The Morgan fingerprint density at radius 3 is 1.89 bits per heavy atom. The molecule has 0 bridgehead atoms. The standard InChI is InChI=1S/C11H14F6O/c1-7-2-4-8(5-3-7)6-18-9(10(12,13)14)11(15,16)17/h6-7,9H,2-5H2,1H3. The summed E-state index contributed by atoms with van der Waals surface area (Å²) < 4.78 is 76.9. The fraction of sp³-hybridized carbons (Fsp3) is 0.818. The average Bonchev–Trinajstić information content (AvgIpc) is 2.17. The first-order valence-corrected chi connectivity index (χ1v) is 5.57. The minimum absolute atomic E-state index is 0.447. The number of hydrogen-bond acceptors (Lipinski definition) is 1. The normalized spacial score (nSPS) is 22.2. The highest BCUT2D eigenvalue weighted by atomic mass is 19.4. The first kappa shape index (κ1) is 15.2. The van der Waals surface area contributed by atoms with Crippen molar-refractivity contribution in [2.75, 3.05) is 0 Å². The molecule has 0 aromatic carbocycles. The first-order valence-electron chi connectivity index (χ1n) is 5.57. The van der Waals surface area contributed by atoms with Gasteiger partial charge in [0.1, 0.15) is 0 Å². The molecule has 0 aromatic rings. The van der Waals surface area contributed by atoms with Gasteiger partial charge < -0.3 is 4.74 Å². The highest BCUT2D eigenvalue weighted by Crippen LogP contribution is 2.36. The SMILES string of the molecule is CC1CCC(=COC(C(F)(F)F)C(F)(F)F)CC1.